The minimum Gasteiger partial charge on any atom is -0.346 e. The van der Waals surface area contributed by atoms with Crippen molar-refractivity contribution in [3.8, 4) is 6.07 Å². The van der Waals surface area contributed by atoms with E-state index in [9.17, 15) is 31.9 Å². The normalized spacial score (nSPS) is 14.8. The van der Waals surface area contributed by atoms with E-state index in [-0.39, 0.29) is 34.4 Å². The average molecular weight is 529 g/mol. The van der Waals surface area contributed by atoms with Gasteiger partial charge in [-0.2, -0.15) is 5.26 Å². The summed E-state index contributed by atoms with van der Waals surface area (Å²) in [7, 11) is 0. The molecule has 0 atom stereocenters. The third-order valence-electron chi connectivity index (χ3n) is 5.46. The summed E-state index contributed by atoms with van der Waals surface area (Å²) in [6.45, 7) is -3.05. The first-order chi connectivity index (χ1) is 15.7. The maximum atomic E-state index is 13.8. The number of nitrogens with one attached hydrogen (secondary N) is 3. The molecule has 0 aliphatic heterocycles. The standard InChI is InChI=1S/C21H17BrF4N4O3/c22-18-15(17(31)20(33)29-12-4-21(5-12,8-24)9-25)13(6-23)16(30-18)19(32)28-11-1-2-14(26)10(3-11)7-27/h1-3,12,30H,4-6,8-9H2,(H,28,32)(H,29,33). The maximum Gasteiger partial charge on any atom is 0.292 e. The van der Waals surface area contributed by atoms with Gasteiger partial charge in [-0.3, -0.25) is 23.2 Å². The van der Waals surface area contributed by atoms with E-state index in [0.29, 0.717) is 0 Å². The van der Waals surface area contributed by atoms with E-state index in [1.165, 1.54) is 6.07 Å². The number of hydrogen-bond donors (Lipinski definition) is 3. The number of alkyl halides is 3. The van der Waals surface area contributed by atoms with E-state index < -0.39 is 66.0 Å². The highest BCUT2D eigenvalue weighted by atomic mass is 79.9. The molecule has 1 aliphatic carbocycles. The largest absolute Gasteiger partial charge is 0.346 e. The van der Waals surface area contributed by atoms with E-state index in [1.807, 2.05) is 0 Å². The number of halogens is 5. The fourth-order valence-electron chi connectivity index (χ4n) is 3.66. The molecule has 3 N–H and O–H groups in total. The molecule has 1 saturated carbocycles. The lowest BCUT2D eigenvalue weighted by atomic mass is 9.67. The second-order valence-corrected chi connectivity index (χ2v) is 8.53. The van der Waals surface area contributed by atoms with Crippen LogP contribution in [0.3, 0.4) is 0 Å². The lowest BCUT2D eigenvalue weighted by molar-refractivity contribution is -0.119. The van der Waals surface area contributed by atoms with Crippen LogP contribution in [-0.4, -0.2) is 42.0 Å². The number of anilines is 1. The number of Topliss-reactive ketones (excluding diaryl/α,β-unsaturated/α-hetero) is 1. The number of amides is 2. The van der Waals surface area contributed by atoms with Crippen molar-refractivity contribution in [2.75, 3.05) is 18.7 Å². The number of benzene rings is 1. The van der Waals surface area contributed by atoms with E-state index in [4.69, 9.17) is 5.26 Å². The third kappa shape index (κ3) is 4.78. The molecular weight excluding hydrogens is 512 g/mol. The molecule has 1 aliphatic rings. The number of aromatic nitrogens is 1. The zero-order chi connectivity index (χ0) is 24.3. The number of nitriles is 1. The van der Waals surface area contributed by atoms with Crippen LogP contribution in [0.1, 0.15) is 44.8 Å². The molecule has 0 radical (unpaired) electrons. The van der Waals surface area contributed by atoms with Crippen molar-refractivity contribution in [2.45, 2.75) is 25.6 Å². The van der Waals surface area contributed by atoms with Gasteiger partial charge in [0.25, 0.3) is 17.6 Å². The van der Waals surface area contributed by atoms with Gasteiger partial charge in [-0.15, -0.1) is 0 Å². The van der Waals surface area contributed by atoms with E-state index >= 15 is 0 Å². The van der Waals surface area contributed by atoms with E-state index in [1.54, 1.807) is 6.07 Å². The topological polar surface area (TPSA) is 115 Å². The molecule has 33 heavy (non-hydrogen) atoms. The van der Waals surface area contributed by atoms with Crippen molar-refractivity contribution in [1.29, 1.82) is 5.26 Å². The Morgan fingerprint density at radius 2 is 1.88 bits per heavy atom. The fourth-order valence-corrected chi connectivity index (χ4v) is 4.28. The number of nitrogens with zero attached hydrogens (tertiary/aromatic N) is 1. The van der Waals surface area contributed by atoms with Crippen LogP contribution < -0.4 is 10.6 Å². The SMILES string of the molecule is N#Cc1cc(NC(=O)c2[nH]c(Br)c(C(=O)C(=O)NC3CC(CF)(CF)C3)c2CF)ccc1F. The molecule has 2 aromatic rings. The highest BCUT2D eigenvalue weighted by Crippen LogP contribution is 2.42. The van der Waals surface area contributed by atoms with Gasteiger partial charge in [0, 0.05) is 22.7 Å². The zero-order valence-corrected chi connectivity index (χ0v) is 18.5. The molecule has 7 nitrogen and oxygen atoms in total. The van der Waals surface area contributed by atoms with Crippen molar-refractivity contribution in [1.82, 2.24) is 10.3 Å². The number of rotatable bonds is 8. The number of hydrogen-bond acceptors (Lipinski definition) is 4. The Kier molecular flexibility index (Phi) is 7.22. The van der Waals surface area contributed by atoms with Crippen LogP contribution in [0.25, 0.3) is 0 Å². The maximum absolute atomic E-state index is 13.8. The minimum absolute atomic E-state index is 0.0271. The van der Waals surface area contributed by atoms with Crippen LogP contribution in [0.5, 0.6) is 0 Å². The Morgan fingerprint density at radius 1 is 1.21 bits per heavy atom. The Labute approximate surface area is 193 Å². The number of carbonyl (C=O) groups excluding carboxylic acids is 3. The summed E-state index contributed by atoms with van der Waals surface area (Å²) in [5, 5.41) is 13.6. The highest BCUT2D eigenvalue weighted by molar-refractivity contribution is 9.10. The van der Waals surface area contributed by atoms with E-state index in [2.05, 4.69) is 31.5 Å². The summed E-state index contributed by atoms with van der Waals surface area (Å²) in [4.78, 5) is 40.1. The average Bonchev–Trinajstić information content (AvgIpc) is 3.12. The lowest BCUT2D eigenvalue weighted by Gasteiger charge is -2.44. The van der Waals surface area contributed by atoms with Gasteiger partial charge < -0.3 is 15.6 Å². The van der Waals surface area contributed by atoms with Gasteiger partial charge in [-0.1, -0.05) is 0 Å². The van der Waals surface area contributed by atoms with Crippen LogP contribution >= 0.6 is 15.9 Å². The van der Waals surface area contributed by atoms with Crippen LogP contribution in [0, 0.1) is 22.6 Å². The lowest BCUT2D eigenvalue weighted by Crippen LogP contribution is -2.54. The summed E-state index contributed by atoms with van der Waals surface area (Å²) in [6.07, 6.45) is 0.0542. The number of aromatic amines is 1. The Bertz CT molecular complexity index is 1150. The first-order valence-corrected chi connectivity index (χ1v) is 10.4. The second-order valence-electron chi connectivity index (χ2n) is 7.74. The molecule has 2 amide bonds. The van der Waals surface area contributed by atoms with Crippen molar-refractivity contribution in [3.05, 3.63) is 51.0 Å². The third-order valence-corrected chi connectivity index (χ3v) is 6.05. The Morgan fingerprint density at radius 3 is 2.45 bits per heavy atom. The van der Waals surface area contributed by atoms with Gasteiger partial charge in [0.2, 0.25) is 0 Å². The van der Waals surface area contributed by atoms with Crippen LogP contribution in [0.2, 0.25) is 0 Å². The Hall–Kier alpha value is -3.20. The fraction of sp³-hybridized carbons (Fsp3) is 0.333. The quantitative estimate of drug-likeness (QED) is 0.274. The molecular formula is C21H17BrF4N4O3. The molecule has 3 rings (SSSR count). The zero-order valence-electron chi connectivity index (χ0n) is 16.9. The van der Waals surface area contributed by atoms with Crippen LogP contribution in [0.15, 0.2) is 22.8 Å². The number of ketones is 1. The first kappa shape index (κ1) is 24.4. The van der Waals surface area contributed by atoms with Crippen LogP contribution in [-0.2, 0) is 11.5 Å². The molecule has 174 valence electrons. The summed E-state index contributed by atoms with van der Waals surface area (Å²) in [5.41, 5.74) is -2.58. The van der Waals surface area contributed by atoms with Crippen molar-refractivity contribution >= 4 is 39.2 Å². The number of carbonyl (C=O) groups is 3. The van der Waals surface area contributed by atoms with Crippen LogP contribution in [0.4, 0.5) is 23.2 Å². The predicted octanol–water partition coefficient (Wildman–Crippen LogP) is 3.90. The summed E-state index contributed by atoms with van der Waals surface area (Å²) >= 11 is 3.01. The summed E-state index contributed by atoms with van der Waals surface area (Å²) in [6, 6.07) is 4.25. The predicted molar refractivity (Wildman–Crippen MR) is 112 cm³/mol. The van der Waals surface area contributed by atoms with Gasteiger partial charge in [0.1, 0.15) is 24.3 Å². The molecule has 1 aromatic carbocycles. The van der Waals surface area contributed by atoms with Gasteiger partial charge in [-0.25, -0.2) is 8.78 Å². The van der Waals surface area contributed by atoms with Crippen molar-refractivity contribution in [2.24, 2.45) is 5.41 Å². The molecule has 1 aromatic heterocycles. The van der Waals surface area contributed by atoms with E-state index in [0.717, 1.165) is 12.1 Å². The molecule has 1 fully saturated rings. The first-order valence-electron chi connectivity index (χ1n) is 9.63. The van der Waals surface area contributed by atoms with Gasteiger partial charge >= 0.3 is 0 Å². The van der Waals surface area contributed by atoms with Crippen molar-refractivity contribution < 1.29 is 31.9 Å². The summed E-state index contributed by atoms with van der Waals surface area (Å²) < 4.78 is 53.0. The molecule has 0 unspecified atom stereocenters. The molecule has 0 spiro atoms. The smallest absolute Gasteiger partial charge is 0.292 e. The highest BCUT2D eigenvalue weighted by Gasteiger charge is 2.46. The molecule has 1 heterocycles. The van der Waals surface area contributed by atoms with Gasteiger partial charge in [0.05, 0.1) is 29.1 Å². The molecule has 0 bridgehead atoms. The number of H-pyrrole nitrogens is 1. The monoisotopic (exact) mass is 528 g/mol. The van der Waals surface area contributed by atoms with Crippen molar-refractivity contribution in [3.63, 3.8) is 0 Å². The molecule has 12 heteroatoms. The molecule has 0 saturated heterocycles. The van der Waals surface area contributed by atoms with Gasteiger partial charge in [0.15, 0.2) is 0 Å². The Balaban J connectivity index is 1.77. The van der Waals surface area contributed by atoms with Gasteiger partial charge in [-0.05, 0) is 47.0 Å². The summed E-state index contributed by atoms with van der Waals surface area (Å²) in [5.74, 6) is -3.93. The minimum atomic E-state index is -1.28. The second kappa shape index (κ2) is 9.74.